The minimum Gasteiger partial charge on any atom is -0.338 e. The summed E-state index contributed by atoms with van der Waals surface area (Å²) in [5.74, 6) is 0.168. The molecular formula is C20H24F3N3O. The average molecular weight is 379 g/mol. The Bertz CT molecular complexity index is 785. The number of nitrogens with one attached hydrogen (secondary N) is 1. The Morgan fingerprint density at radius 3 is 2.85 bits per heavy atom. The molecule has 27 heavy (non-hydrogen) atoms. The van der Waals surface area contributed by atoms with Crippen molar-refractivity contribution >= 4 is 5.91 Å². The zero-order valence-corrected chi connectivity index (χ0v) is 15.4. The van der Waals surface area contributed by atoms with E-state index in [-0.39, 0.29) is 11.8 Å². The van der Waals surface area contributed by atoms with Gasteiger partial charge in [0.1, 0.15) is 0 Å². The quantitative estimate of drug-likeness (QED) is 0.833. The van der Waals surface area contributed by atoms with E-state index in [1.165, 1.54) is 6.07 Å². The number of likely N-dealkylation sites (tertiary alicyclic amines) is 1. The molecule has 4 nitrogen and oxygen atoms in total. The maximum absolute atomic E-state index is 13.1. The van der Waals surface area contributed by atoms with Gasteiger partial charge < -0.3 is 4.90 Å². The van der Waals surface area contributed by atoms with Gasteiger partial charge in [0.15, 0.2) is 0 Å². The highest BCUT2D eigenvalue weighted by Crippen LogP contribution is 2.33. The lowest BCUT2D eigenvalue weighted by Crippen LogP contribution is -2.40. The van der Waals surface area contributed by atoms with E-state index in [4.69, 9.17) is 0 Å². The monoisotopic (exact) mass is 379 g/mol. The van der Waals surface area contributed by atoms with Crippen molar-refractivity contribution in [2.24, 2.45) is 5.92 Å². The van der Waals surface area contributed by atoms with Crippen molar-refractivity contribution < 1.29 is 18.0 Å². The number of hydrogen-bond acceptors (Lipinski definition) is 2. The largest absolute Gasteiger partial charge is 0.416 e. The van der Waals surface area contributed by atoms with Crippen molar-refractivity contribution in [2.45, 2.75) is 45.2 Å². The molecule has 1 aliphatic rings. The zero-order valence-electron chi connectivity index (χ0n) is 15.4. The van der Waals surface area contributed by atoms with E-state index in [1.807, 2.05) is 11.8 Å². The van der Waals surface area contributed by atoms with Crippen LogP contribution in [0.1, 0.15) is 53.4 Å². The molecule has 3 rings (SSSR count). The number of aromatic nitrogens is 2. The zero-order chi connectivity index (χ0) is 19.4. The van der Waals surface area contributed by atoms with Crippen molar-refractivity contribution in [3.8, 4) is 0 Å². The number of hydrogen-bond donors (Lipinski definition) is 1. The summed E-state index contributed by atoms with van der Waals surface area (Å²) in [5, 5.41) is 6.81. The number of aromatic amines is 1. The molecule has 1 atom stereocenters. The van der Waals surface area contributed by atoms with Gasteiger partial charge in [-0.15, -0.1) is 0 Å². The van der Waals surface area contributed by atoms with Crippen molar-refractivity contribution in [2.75, 3.05) is 13.1 Å². The minimum atomic E-state index is -4.33. The number of amides is 1. The molecule has 2 aromatic rings. The normalized spacial score (nSPS) is 17.9. The molecule has 1 amide bonds. The lowest BCUT2D eigenvalue weighted by molar-refractivity contribution is -0.138. The van der Waals surface area contributed by atoms with Gasteiger partial charge in [0.25, 0.3) is 5.91 Å². The molecule has 0 bridgehead atoms. The van der Waals surface area contributed by atoms with E-state index < -0.39 is 11.7 Å². The molecule has 1 aromatic heterocycles. The molecular weight excluding hydrogens is 355 g/mol. The molecule has 1 aliphatic heterocycles. The Labute approximate surface area is 156 Å². The minimum absolute atomic E-state index is 0.0407. The van der Waals surface area contributed by atoms with Crippen molar-refractivity contribution in [3.63, 3.8) is 0 Å². The van der Waals surface area contributed by atoms with Gasteiger partial charge in [0, 0.05) is 18.8 Å². The fourth-order valence-corrected chi connectivity index (χ4v) is 3.80. The van der Waals surface area contributed by atoms with Gasteiger partial charge in [0.2, 0.25) is 0 Å². The van der Waals surface area contributed by atoms with Crippen LogP contribution in [0.3, 0.4) is 0 Å². The molecule has 0 spiro atoms. The van der Waals surface area contributed by atoms with Crippen LogP contribution in [0, 0.1) is 5.92 Å². The van der Waals surface area contributed by atoms with E-state index in [2.05, 4.69) is 10.2 Å². The van der Waals surface area contributed by atoms with Gasteiger partial charge in [-0.2, -0.15) is 18.3 Å². The number of piperidine rings is 1. The fourth-order valence-electron chi connectivity index (χ4n) is 3.80. The summed E-state index contributed by atoms with van der Waals surface area (Å²) in [6, 6.07) is 5.75. The number of nitrogens with zero attached hydrogens (tertiary/aromatic N) is 2. The first-order valence-corrected chi connectivity index (χ1v) is 9.36. The summed E-state index contributed by atoms with van der Waals surface area (Å²) >= 11 is 0. The van der Waals surface area contributed by atoms with E-state index in [9.17, 15) is 18.0 Å². The molecule has 1 aromatic carbocycles. The lowest BCUT2D eigenvalue weighted by Gasteiger charge is -2.33. The molecule has 1 unspecified atom stereocenters. The van der Waals surface area contributed by atoms with Gasteiger partial charge in [-0.3, -0.25) is 9.89 Å². The van der Waals surface area contributed by atoms with Gasteiger partial charge in [-0.05, 0) is 49.7 Å². The topological polar surface area (TPSA) is 49.0 Å². The first kappa shape index (κ1) is 19.5. The molecule has 1 fully saturated rings. The fraction of sp³-hybridized carbons (Fsp3) is 0.500. The summed E-state index contributed by atoms with van der Waals surface area (Å²) in [4.78, 5) is 14.6. The maximum atomic E-state index is 13.1. The van der Waals surface area contributed by atoms with E-state index >= 15 is 0 Å². The Morgan fingerprint density at radius 2 is 2.11 bits per heavy atom. The predicted octanol–water partition coefficient (Wildman–Crippen LogP) is 4.48. The van der Waals surface area contributed by atoms with Crippen LogP contribution in [0.15, 0.2) is 30.5 Å². The highest BCUT2D eigenvalue weighted by Gasteiger charge is 2.33. The molecule has 146 valence electrons. The van der Waals surface area contributed by atoms with E-state index in [0.717, 1.165) is 24.6 Å². The van der Waals surface area contributed by atoms with Crippen molar-refractivity contribution in [1.82, 2.24) is 15.1 Å². The smallest absolute Gasteiger partial charge is 0.338 e. The van der Waals surface area contributed by atoms with Crippen LogP contribution in [-0.4, -0.2) is 34.1 Å². The number of carbonyl (C=O) groups excluding carboxylic acids is 1. The summed E-state index contributed by atoms with van der Waals surface area (Å²) < 4.78 is 39.4. The first-order chi connectivity index (χ1) is 12.9. The molecule has 1 saturated heterocycles. The SMILES string of the molecule is CCc1[nH]ncc1C(=O)N1CCCC(CCc2ccccc2C(F)(F)F)C1. The van der Waals surface area contributed by atoms with Crippen LogP contribution >= 0.6 is 0 Å². The van der Waals surface area contributed by atoms with Crippen LogP contribution in [0.5, 0.6) is 0 Å². The molecule has 0 saturated carbocycles. The summed E-state index contributed by atoms with van der Waals surface area (Å²) in [5.41, 5.74) is 1.19. The maximum Gasteiger partial charge on any atom is 0.416 e. The second-order valence-corrected chi connectivity index (χ2v) is 7.07. The van der Waals surface area contributed by atoms with Gasteiger partial charge in [0.05, 0.1) is 17.3 Å². The highest BCUT2D eigenvalue weighted by molar-refractivity contribution is 5.95. The first-order valence-electron chi connectivity index (χ1n) is 9.36. The average Bonchev–Trinajstić information content (AvgIpc) is 3.14. The van der Waals surface area contributed by atoms with Gasteiger partial charge >= 0.3 is 6.18 Å². The van der Waals surface area contributed by atoms with Crippen molar-refractivity contribution in [3.05, 3.63) is 52.8 Å². The number of H-pyrrole nitrogens is 1. The Balaban J connectivity index is 1.64. The van der Waals surface area contributed by atoms with Gasteiger partial charge in [-0.25, -0.2) is 0 Å². The van der Waals surface area contributed by atoms with Crippen LogP contribution in [0.2, 0.25) is 0 Å². The standard InChI is InChI=1S/C20H24F3N3O/c1-2-18-16(12-24-25-18)19(27)26-11-5-6-14(13-26)9-10-15-7-3-4-8-17(15)20(21,22)23/h3-4,7-8,12,14H,2,5-6,9-11,13H2,1H3,(H,24,25). The number of benzene rings is 1. The second-order valence-electron chi connectivity index (χ2n) is 7.07. The van der Waals surface area contributed by atoms with Crippen molar-refractivity contribution in [1.29, 1.82) is 0 Å². The number of rotatable bonds is 5. The third-order valence-electron chi connectivity index (χ3n) is 5.25. The number of halogens is 3. The highest BCUT2D eigenvalue weighted by atomic mass is 19.4. The molecule has 7 heteroatoms. The molecule has 0 aliphatic carbocycles. The third kappa shape index (κ3) is 4.51. The summed E-state index contributed by atoms with van der Waals surface area (Å²) in [7, 11) is 0. The Hall–Kier alpha value is -2.31. The molecule has 0 radical (unpaired) electrons. The number of aryl methyl sites for hydroxylation is 2. The third-order valence-corrected chi connectivity index (χ3v) is 5.25. The lowest BCUT2D eigenvalue weighted by atomic mass is 9.90. The molecule has 2 heterocycles. The van der Waals surface area contributed by atoms with Crippen LogP contribution in [0.4, 0.5) is 13.2 Å². The number of carbonyl (C=O) groups is 1. The summed E-state index contributed by atoms with van der Waals surface area (Å²) in [6.07, 6.45) is 0.748. The van der Waals surface area contributed by atoms with Gasteiger partial charge in [-0.1, -0.05) is 25.1 Å². The summed E-state index contributed by atoms with van der Waals surface area (Å²) in [6.45, 7) is 3.23. The Morgan fingerprint density at radius 1 is 1.33 bits per heavy atom. The van der Waals surface area contributed by atoms with Crippen LogP contribution in [0.25, 0.3) is 0 Å². The second kappa shape index (κ2) is 8.15. The van der Waals surface area contributed by atoms with Crippen LogP contribution in [-0.2, 0) is 19.0 Å². The van der Waals surface area contributed by atoms with Crippen LogP contribution < -0.4 is 0 Å². The number of alkyl halides is 3. The predicted molar refractivity (Wildman–Crippen MR) is 96.4 cm³/mol. The Kier molecular flexibility index (Phi) is 5.87. The molecule has 1 N–H and O–H groups in total. The van der Waals surface area contributed by atoms with E-state index in [1.54, 1.807) is 18.3 Å². The van der Waals surface area contributed by atoms with E-state index in [0.29, 0.717) is 43.5 Å².